The fraction of sp³-hybridized carbons (Fsp3) is 0.211. The SMILES string of the molecule is COc1ccccc1CNc1nc(C)cc(NCc2cccnc2)n1. The summed E-state index contributed by atoms with van der Waals surface area (Å²) >= 11 is 0. The highest BCUT2D eigenvalue weighted by molar-refractivity contribution is 5.44. The van der Waals surface area contributed by atoms with Crippen LogP contribution in [-0.4, -0.2) is 22.1 Å². The molecule has 0 unspecified atom stereocenters. The van der Waals surface area contributed by atoms with Crippen molar-refractivity contribution >= 4 is 11.8 Å². The largest absolute Gasteiger partial charge is 0.496 e. The number of nitrogens with zero attached hydrogens (tertiary/aromatic N) is 3. The molecule has 25 heavy (non-hydrogen) atoms. The van der Waals surface area contributed by atoms with E-state index in [9.17, 15) is 0 Å². The van der Waals surface area contributed by atoms with E-state index < -0.39 is 0 Å². The normalized spacial score (nSPS) is 10.3. The lowest BCUT2D eigenvalue weighted by Gasteiger charge is -2.11. The molecule has 0 spiro atoms. The number of aryl methyl sites for hydroxylation is 1. The number of anilines is 2. The number of nitrogens with one attached hydrogen (secondary N) is 2. The van der Waals surface area contributed by atoms with E-state index in [-0.39, 0.29) is 0 Å². The van der Waals surface area contributed by atoms with Gasteiger partial charge < -0.3 is 15.4 Å². The van der Waals surface area contributed by atoms with Crippen LogP contribution < -0.4 is 15.4 Å². The topological polar surface area (TPSA) is 72.0 Å². The molecule has 2 aromatic heterocycles. The van der Waals surface area contributed by atoms with Gasteiger partial charge >= 0.3 is 0 Å². The van der Waals surface area contributed by atoms with Crippen molar-refractivity contribution in [3.05, 3.63) is 71.7 Å². The van der Waals surface area contributed by atoms with Crippen LogP contribution in [0.15, 0.2) is 54.9 Å². The monoisotopic (exact) mass is 335 g/mol. The standard InChI is InChI=1S/C19H21N5O/c1-14-10-18(21-12-15-6-5-9-20-11-15)24-19(23-14)22-13-16-7-3-4-8-17(16)25-2/h3-11H,12-13H2,1-2H3,(H2,21,22,23,24). The van der Waals surface area contributed by atoms with E-state index in [2.05, 4.69) is 25.6 Å². The molecule has 0 aliphatic rings. The number of hydrogen-bond acceptors (Lipinski definition) is 6. The van der Waals surface area contributed by atoms with Crippen molar-refractivity contribution < 1.29 is 4.74 Å². The summed E-state index contributed by atoms with van der Waals surface area (Å²) in [6.45, 7) is 3.21. The Morgan fingerprint density at radius 1 is 1.00 bits per heavy atom. The maximum atomic E-state index is 5.37. The first-order chi connectivity index (χ1) is 12.2. The van der Waals surface area contributed by atoms with Crippen molar-refractivity contribution in [2.45, 2.75) is 20.0 Å². The van der Waals surface area contributed by atoms with Crippen LogP contribution in [0.25, 0.3) is 0 Å². The Morgan fingerprint density at radius 2 is 1.88 bits per heavy atom. The van der Waals surface area contributed by atoms with Crippen molar-refractivity contribution in [1.29, 1.82) is 0 Å². The third-order valence-electron chi connectivity index (χ3n) is 3.68. The molecule has 0 fully saturated rings. The average molecular weight is 335 g/mol. The van der Waals surface area contributed by atoms with Gasteiger partial charge in [-0.2, -0.15) is 4.98 Å². The third-order valence-corrected chi connectivity index (χ3v) is 3.68. The van der Waals surface area contributed by atoms with E-state index in [1.165, 1.54) is 0 Å². The second-order valence-corrected chi connectivity index (χ2v) is 5.60. The minimum Gasteiger partial charge on any atom is -0.496 e. The first kappa shape index (κ1) is 16.7. The van der Waals surface area contributed by atoms with Gasteiger partial charge in [0.1, 0.15) is 11.6 Å². The van der Waals surface area contributed by atoms with Crippen LogP contribution in [0.1, 0.15) is 16.8 Å². The summed E-state index contributed by atoms with van der Waals surface area (Å²) in [7, 11) is 1.67. The van der Waals surface area contributed by atoms with Gasteiger partial charge in [0.2, 0.25) is 5.95 Å². The molecule has 0 bridgehead atoms. The van der Waals surface area contributed by atoms with Crippen LogP contribution in [0.4, 0.5) is 11.8 Å². The van der Waals surface area contributed by atoms with Gasteiger partial charge in [0.25, 0.3) is 0 Å². The maximum Gasteiger partial charge on any atom is 0.225 e. The lowest BCUT2D eigenvalue weighted by Crippen LogP contribution is -2.08. The quantitative estimate of drug-likeness (QED) is 0.689. The molecule has 0 atom stereocenters. The van der Waals surface area contributed by atoms with Gasteiger partial charge in [0, 0.05) is 42.8 Å². The Morgan fingerprint density at radius 3 is 2.68 bits per heavy atom. The van der Waals surface area contributed by atoms with Crippen molar-refractivity contribution in [3.8, 4) is 5.75 Å². The molecule has 0 saturated carbocycles. The third kappa shape index (κ3) is 4.67. The molecule has 1 aromatic carbocycles. The summed E-state index contributed by atoms with van der Waals surface area (Å²) in [5.74, 6) is 2.20. The van der Waals surface area contributed by atoms with Crippen LogP contribution in [-0.2, 0) is 13.1 Å². The minimum absolute atomic E-state index is 0.583. The lowest BCUT2D eigenvalue weighted by molar-refractivity contribution is 0.410. The molecule has 0 radical (unpaired) electrons. The van der Waals surface area contributed by atoms with Crippen LogP contribution in [0.2, 0.25) is 0 Å². The number of para-hydroxylation sites is 1. The van der Waals surface area contributed by atoms with Gasteiger partial charge in [-0.15, -0.1) is 0 Å². The van der Waals surface area contributed by atoms with E-state index in [1.807, 2.05) is 55.6 Å². The fourth-order valence-corrected chi connectivity index (χ4v) is 2.46. The summed E-state index contributed by atoms with van der Waals surface area (Å²) < 4.78 is 5.37. The molecule has 0 amide bonds. The van der Waals surface area contributed by atoms with E-state index in [4.69, 9.17) is 4.74 Å². The molecular formula is C19H21N5O. The molecule has 2 heterocycles. The summed E-state index contributed by atoms with van der Waals surface area (Å²) in [6, 6.07) is 13.8. The van der Waals surface area contributed by atoms with Crippen LogP contribution >= 0.6 is 0 Å². The average Bonchev–Trinajstić information content (AvgIpc) is 2.65. The molecule has 6 nitrogen and oxygen atoms in total. The number of hydrogen-bond donors (Lipinski definition) is 2. The highest BCUT2D eigenvalue weighted by Gasteiger charge is 2.05. The van der Waals surface area contributed by atoms with Gasteiger partial charge in [-0.1, -0.05) is 24.3 Å². The summed E-state index contributed by atoms with van der Waals surface area (Å²) in [6.07, 6.45) is 3.60. The predicted molar refractivity (Wildman–Crippen MR) is 98.7 cm³/mol. The molecule has 128 valence electrons. The van der Waals surface area contributed by atoms with Crippen molar-refractivity contribution in [3.63, 3.8) is 0 Å². The van der Waals surface area contributed by atoms with Gasteiger partial charge in [-0.05, 0) is 24.6 Å². The number of rotatable bonds is 7. The zero-order valence-electron chi connectivity index (χ0n) is 14.4. The second kappa shape index (κ2) is 8.10. The summed E-state index contributed by atoms with van der Waals surface area (Å²) in [5, 5.41) is 6.57. The van der Waals surface area contributed by atoms with Crippen molar-refractivity contribution in [1.82, 2.24) is 15.0 Å². The summed E-state index contributed by atoms with van der Waals surface area (Å²) in [4.78, 5) is 13.1. The number of methoxy groups -OCH3 is 1. The van der Waals surface area contributed by atoms with Gasteiger partial charge in [0.15, 0.2) is 0 Å². The number of aromatic nitrogens is 3. The molecular weight excluding hydrogens is 314 g/mol. The molecule has 3 aromatic rings. The van der Waals surface area contributed by atoms with Crippen LogP contribution in [0, 0.1) is 6.92 Å². The molecule has 0 aliphatic carbocycles. The van der Waals surface area contributed by atoms with Crippen LogP contribution in [0.3, 0.4) is 0 Å². The lowest BCUT2D eigenvalue weighted by atomic mass is 10.2. The zero-order chi connectivity index (χ0) is 17.5. The Hall–Kier alpha value is -3.15. The first-order valence-electron chi connectivity index (χ1n) is 8.09. The Bertz CT molecular complexity index is 823. The zero-order valence-corrected chi connectivity index (χ0v) is 14.4. The van der Waals surface area contributed by atoms with Crippen LogP contribution in [0.5, 0.6) is 5.75 Å². The van der Waals surface area contributed by atoms with Crippen molar-refractivity contribution in [2.24, 2.45) is 0 Å². The van der Waals surface area contributed by atoms with Gasteiger partial charge in [0.05, 0.1) is 7.11 Å². The molecule has 6 heteroatoms. The number of benzene rings is 1. The number of ether oxygens (including phenoxy) is 1. The smallest absolute Gasteiger partial charge is 0.225 e. The predicted octanol–water partition coefficient (Wildman–Crippen LogP) is 3.41. The molecule has 3 rings (SSSR count). The Balaban J connectivity index is 1.67. The Kier molecular flexibility index (Phi) is 5.41. The maximum absolute atomic E-state index is 5.37. The van der Waals surface area contributed by atoms with E-state index in [0.29, 0.717) is 19.0 Å². The molecule has 0 aliphatic heterocycles. The highest BCUT2D eigenvalue weighted by atomic mass is 16.5. The van der Waals surface area contributed by atoms with E-state index in [0.717, 1.165) is 28.4 Å². The Labute approximate surface area is 147 Å². The van der Waals surface area contributed by atoms with Crippen molar-refractivity contribution in [2.75, 3.05) is 17.7 Å². The van der Waals surface area contributed by atoms with Gasteiger partial charge in [-0.3, -0.25) is 4.98 Å². The second-order valence-electron chi connectivity index (χ2n) is 5.60. The fourth-order valence-electron chi connectivity index (χ4n) is 2.46. The van der Waals surface area contributed by atoms with E-state index in [1.54, 1.807) is 13.3 Å². The minimum atomic E-state index is 0.583. The first-order valence-corrected chi connectivity index (χ1v) is 8.09. The highest BCUT2D eigenvalue weighted by Crippen LogP contribution is 2.18. The summed E-state index contributed by atoms with van der Waals surface area (Å²) in [5.41, 5.74) is 3.05. The number of pyridine rings is 1. The molecule has 0 saturated heterocycles. The van der Waals surface area contributed by atoms with E-state index >= 15 is 0 Å². The molecule has 2 N–H and O–H groups in total. The van der Waals surface area contributed by atoms with Gasteiger partial charge in [-0.25, -0.2) is 4.98 Å².